The van der Waals surface area contributed by atoms with E-state index in [9.17, 15) is 14.4 Å². The van der Waals surface area contributed by atoms with Gasteiger partial charge in [0.1, 0.15) is 0 Å². The fraction of sp³-hybridized carbons (Fsp3) is 0.385. The van der Waals surface area contributed by atoms with Gasteiger partial charge in [0.15, 0.2) is 24.0 Å². The molecular formula is C26H30N6O3. The number of hydrogen-bond donors (Lipinski definition) is 0. The second-order valence-corrected chi connectivity index (χ2v) is 9.24. The second-order valence-electron chi connectivity index (χ2n) is 9.24. The summed E-state index contributed by atoms with van der Waals surface area (Å²) in [6.45, 7) is 4.03. The molecule has 2 atom stereocenters. The number of imide groups is 1. The highest BCUT2D eigenvalue weighted by molar-refractivity contribution is 6.06. The molecule has 2 unspecified atom stereocenters. The Bertz CT molecular complexity index is 1130. The Hall–Kier alpha value is -3.72. The van der Waals surface area contributed by atoms with Crippen LogP contribution in [0.3, 0.4) is 0 Å². The Morgan fingerprint density at radius 3 is 2.20 bits per heavy atom. The van der Waals surface area contributed by atoms with Gasteiger partial charge in [0, 0.05) is 52.4 Å². The van der Waals surface area contributed by atoms with Crippen LogP contribution in [0.1, 0.15) is 15.9 Å². The normalized spacial score (nSPS) is 23.0. The fourth-order valence-corrected chi connectivity index (χ4v) is 5.00. The van der Waals surface area contributed by atoms with Gasteiger partial charge in [-0.1, -0.05) is 60.7 Å². The first-order valence-corrected chi connectivity index (χ1v) is 11.9. The van der Waals surface area contributed by atoms with Crippen molar-refractivity contribution in [3.8, 4) is 0 Å². The molecule has 9 heteroatoms. The lowest BCUT2D eigenvalue weighted by atomic mass is 10.1. The Morgan fingerprint density at radius 2 is 1.54 bits per heavy atom. The number of carbonyl (C=O) groups is 3. The van der Waals surface area contributed by atoms with E-state index in [1.165, 1.54) is 17.5 Å². The van der Waals surface area contributed by atoms with E-state index in [0.717, 1.165) is 37.6 Å². The molecule has 3 heterocycles. The molecule has 0 N–H and O–H groups in total. The fourth-order valence-electron chi connectivity index (χ4n) is 5.00. The molecule has 182 valence electrons. The third-order valence-corrected chi connectivity index (χ3v) is 7.01. The number of Topliss-reactive ketones (excluding diaryl/α,β-unsaturated/α-hetero) is 1. The Morgan fingerprint density at radius 1 is 0.914 bits per heavy atom. The van der Waals surface area contributed by atoms with Crippen LogP contribution < -0.4 is 0 Å². The summed E-state index contributed by atoms with van der Waals surface area (Å²) in [6.07, 6.45) is -0.646. The van der Waals surface area contributed by atoms with Crippen molar-refractivity contribution in [1.29, 1.82) is 0 Å². The first-order valence-electron chi connectivity index (χ1n) is 11.9. The first-order chi connectivity index (χ1) is 16.9. The van der Waals surface area contributed by atoms with Gasteiger partial charge in [0.2, 0.25) is 0 Å². The number of likely N-dealkylation sites (N-methyl/N-ethyl adjacent to an activating group) is 2. The van der Waals surface area contributed by atoms with Crippen LogP contribution >= 0.6 is 0 Å². The monoisotopic (exact) mass is 474 g/mol. The van der Waals surface area contributed by atoms with Crippen molar-refractivity contribution in [1.82, 2.24) is 24.5 Å². The van der Waals surface area contributed by atoms with Crippen LogP contribution in [-0.2, 0) is 11.3 Å². The molecule has 0 aromatic heterocycles. The zero-order chi connectivity index (χ0) is 24.5. The van der Waals surface area contributed by atoms with Crippen LogP contribution in [0, 0.1) is 0 Å². The largest absolute Gasteiger partial charge is 0.340 e. The number of piperazine rings is 1. The van der Waals surface area contributed by atoms with Crippen LogP contribution in [0.25, 0.3) is 0 Å². The van der Waals surface area contributed by atoms with Crippen LogP contribution in [0.15, 0.2) is 65.7 Å². The van der Waals surface area contributed by atoms with Crippen LogP contribution in [-0.4, -0.2) is 107 Å². The molecule has 0 saturated carbocycles. The highest BCUT2D eigenvalue weighted by atomic mass is 16.2. The van der Waals surface area contributed by atoms with Gasteiger partial charge in [-0.25, -0.2) is 9.79 Å². The van der Waals surface area contributed by atoms with Crippen LogP contribution in [0.5, 0.6) is 0 Å². The number of aliphatic imine (C=N–C) groups is 1. The average Bonchev–Trinajstić information content (AvgIpc) is 3.27. The number of guanidine groups is 1. The molecule has 2 fully saturated rings. The molecule has 2 saturated heterocycles. The summed E-state index contributed by atoms with van der Waals surface area (Å²) in [5.41, 5.74) is 1.86. The summed E-state index contributed by atoms with van der Waals surface area (Å²) in [6, 6.07) is 18.3. The van der Waals surface area contributed by atoms with E-state index in [-0.39, 0.29) is 24.3 Å². The van der Waals surface area contributed by atoms with E-state index in [2.05, 4.69) is 21.9 Å². The Balaban J connectivity index is 1.36. The smallest absolute Gasteiger partial charge is 0.328 e. The topological polar surface area (TPSA) is 79.8 Å². The van der Waals surface area contributed by atoms with Crippen molar-refractivity contribution in [3.05, 3.63) is 71.8 Å². The number of hydrogen-bond acceptors (Lipinski definition) is 7. The van der Waals surface area contributed by atoms with Crippen molar-refractivity contribution >= 4 is 23.7 Å². The van der Waals surface area contributed by atoms with Crippen LogP contribution in [0.2, 0.25) is 0 Å². The predicted molar refractivity (Wildman–Crippen MR) is 132 cm³/mol. The van der Waals surface area contributed by atoms with E-state index in [4.69, 9.17) is 4.99 Å². The maximum absolute atomic E-state index is 13.2. The zero-order valence-electron chi connectivity index (χ0n) is 20.1. The quantitative estimate of drug-likeness (QED) is 0.613. The summed E-state index contributed by atoms with van der Waals surface area (Å²) in [4.78, 5) is 52.7. The van der Waals surface area contributed by atoms with Gasteiger partial charge in [0.05, 0.1) is 6.54 Å². The summed E-state index contributed by atoms with van der Waals surface area (Å²) in [5, 5.41) is 0. The molecule has 9 nitrogen and oxygen atoms in total. The summed E-state index contributed by atoms with van der Waals surface area (Å²) in [7, 11) is 3.14. The molecule has 2 aromatic carbocycles. The molecule has 0 radical (unpaired) electrons. The molecule has 3 aliphatic heterocycles. The summed E-state index contributed by atoms with van der Waals surface area (Å²) in [5.74, 6) is 0.198. The number of rotatable bonds is 5. The predicted octanol–water partition coefficient (Wildman–Crippen LogP) is 1.58. The lowest BCUT2D eigenvalue weighted by Gasteiger charge is -2.41. The molecule has 0 aliphatic carbocycles. The highest BCUT2D eigenvalue weighted by Crippen LogP contribution is 2.29. The molecule has 0 bridgehead atoms. The molecule has 3 amide bonds. The van der Waals surface area contributed by atoms with Gasteiger partial charge >= 0.3 is 6.03 Å². The third kappa shape index (κ3) is 4.39. The molecule has 5 rings (SSSR count). The maximum atomic E-state index is 13.2. The third-order valence-electron chi connectivity index (χ3n) is 7.01. The van der Waals surface area contributed by atoms with Crippen molar-refractivity contribution in [2.24, 2.45) is 4.99 Å². The number of nitrogens with zero attached hydrogens (tertiary/aromatic N) is 6. The first kappa shape index (κ1) is 23.0. The minimum atomic E-state index is -0.715. The Labute approximate surface area is 205 Å². The maximum Gasteiger partial charge on any atom is 0.328 e. The molecule has 35 heavy (non-hydrogen) atoms. The van der Waals surface area contributed by atoms with Gasteiger partial charge in [0.25, 0.3) is 5.91 Å². The second kappa shape index (κ2) is 9.50. The number of carbonyl (C=O) groups excluding carboxylic acids is 3. The molecular weight excluding hydrogens is 444 g/mol. The number of ketones is 1. The molecule has 2 aromatic rings. The van der Waals surface area contributed by atoms with E-state index in [0.29, 0.717) is 11.5 Å². The number of urea groups is 1. The minimum absolute atomic E-state index is 0.0237. The van der Waals surface area contributed by atoms with Crippen molar-refractivity contribution in [2.75, 3.05) is 46.8 Å². The number of fused-ring (bicyclic) bond motifs is 1. The van der Waals surface area contributed by atoms with Gasteiger partial charge in [-0.2, -0.15) is 0 Å². The lowest BCUT2D eigenvalue weighted by molar-refractivity contribution is -0.136. The molecule has 0 spiro atoms. The summed E-state index contributed by atoms with van der Waals surface area (Å²) >= 11 is 0. The number of benzene rings is 2. The van der Waals surface area contributed by atoms with Crippen LogP contribution in [0.4, 0.5) is 4.79 Å². The minimum Gasteiger partial charge on any atom is -0.340 e. The van der Waals surface area contributed by atoms with Gasteiger partial charge < -0.3 is 14.7 Å². The number of amides is 3. The Kier molecular flexibility index (Phi) is 6.25. The standard InChI is InChI=1S/C26H30N6O3/c1-28-23-22(24(34)29(2)26(28)35)32(18-21(33)20-11-7-4-8-12-20)25(27-23)31-15-13-30(14-16-31)17-19-9-5-3-6-10-19/h3-12,22-23H,13-18H2,1-2H3. The van der Waals surface area contributed by atoms with Crippen molar-refractivity contribution in [2.45, 2.75) is 18.8 Å². The highest BCUT2D eigenvalue weighted by Gasteiger charge is 2.52. The van der Waals surface area contributed by atoms with E-state index in [1.807, 2.05) is 36.4 Å². The van der Waals surface area contributed by atoms with E-state index in [1.54, 1.807) is 24.1 Å². The SMILES string of the molecule is CN1C(=O)C2C(N=C(N3CCN(Cc4ccccc4)CC3)N2CC(=O)c2ccccc2)N(C)C1=O. The average molecular weight is 475 g/mol. The molecule has 3 aliphatic rings. The van der Waals surface area contributed by atoms with E-state index < -0.39 is 12.2 Å². The van der Waals surface area contributed by atoms with Crippen molar-refractivity contribution < 1.29 is 14.4 Å². The van der Waals surface area contributed by atoms with E-state index >= 15 is 0 Å². The van der Waals surface area contributed by atoms with Gasteiger partial charge in [-0.3, -0.25) is 19.4 Å². The summed E-state index contributed by atoms with van der Waals surface area (Å²) < 4.78 is 0. The van der Waals surface area contributed by atoms with Crippen molar-refractivity contribution in [3.63, 3.8) is 0 Å². The van der Waals surface area contributed by atoms with Gasteiger partial charge in [-0.15, -0.1) is 0 Å². The lowest BCUT2D eigenvalue weighted by Crippen LogP contribution is -2.65. The zero-order valence-corrected chi connectivity index (χ0v) is 20.1. The van der Waals surface area contributed by atoms with Gasteiger partial charge in [-0.05, 0) is 5.56 Å².